The molecule has 0 radical (unpaired) electrons. The predicted octanol–water partition coefficient (Wildman–Crippen LogP) is 1.78. The molecule has 4 heteroatoms. The number of nitrogens with zero attached hydrogens (tertiary/aromatic N) is 1. The Morgan fingerprint density at radius 1 is 1.31 bits per heavy atom. The van der Waals surface area contributed by atoms with Crippen molar-refractivity contribution in [2.45, 2.75) is 20.8 Å². The van der Waals surface area contributed by atoms with E-state index >= 15 is 0 Å². The van der Waals surface area contributed by atoms with Crippen molar-refractivity contribution in [3.8, 4) is 0 Å². The van der Waals surface area contributed by atoms with Gasteiger partial charge in [0.15, 0.2) is 5.13 Å². The summed E-state index contributed by atoms with van der Waals surface area (Å²) in [6.45, 7) is 9.22. The zero-order valence-electron chi connectivity index (χ0n) is 8.48. The van der Waals surface area contributed by atoms with Gasteiger partial charge in [0.05, 0.1) is 5.69 Å². The molecule has 0 bridgehead atoms. The molecule has 0 aliphatic carbocycles. The highest BCUT2D eigenvalue weighted by Gasteiger charge is 2.01. The van der Waals surface area contributed by atoms with E-state index in [0.717, 1.165) is 30.5 Å². The van der Waals surface area contributed by atoms with Gasteiger partial charge in [0, 0.05) is 18.0 Å². The number of nitrogens with one attached hydrogen (secondary N) is 2. The molecule has 0 aromatic carbocycles. The first-order valence-corrected chi connectivity index (χ1v) is 5.44. The standard InChI is InChI=1S/C9H17N3S/c1-4-10-5-6-11-9-12-7(2)8(3)13-9/h10H,4-6H2,1-3H3,(H,11,12). The zero-order chi connectivity index (χ0) is 9.68. The quantitative estimate of drug-likeness (QED) is 0.710. The van der Waals surface area contributed by atoms with E-state index in [1.165, 1.54) is 4.88 Å². The van der Waals surface area contributed by atoms with E-state index in [1.807, 2.05) is 6.92 Å². The number of hydrogen-bond donors (Lipinski definition) is 2. The monoisotopic (exact) mass is 199 g/mol. The topological polar surface area (TPSA) is 37.0 Å². The molecule has 2 N–H and O–H groups in total. The van der Waals surface area contributed by atoms with Gasteiger partial charge in [-0.1, -0.05) is 6.92 Å². The van der Waals surface area contributed by atoms with E-state index in [-0.39, 0.29) is 0 Å². The molecule has 74 valence electrons. The molecule has 1 aromatic rings. The van der Waals surface area contributed by atoms with Crippen LogP contribution in [-0.2, 0) is 0 Å². The molecule has 13 heavy (non-hydrogen) atoms. The third-order valence-electron chi connectivity index (χ3n) is 1.86. The van der Waals surface area contributed by atoms with Crippen molar-refractivity contribution in [3.05, 3.63) is 10.6 Å². The van der Waals surface area contributed by atoms with Crippen molar-refractivity contribution in [1.29, 1.82) is 0 Å². The summed E-state index contributed by atoms with van der Waals surface area (Å²) < 4.78 is 0. The van der Waals surface area contributed by atoms with Gasteiger partial charge in [0.2, 0.25) is 0 Å². The Morgan fingerprint density at radius 3 is 2.62 bits per heavy atom. The number of likely N-dealkylation sites (N-methyl/N-ethyl adjacent to an activating group) is 1. The molecule has 0 saturated heterocycles. The molecule has 1 heterocycles. The van der Waals surface area contributed by atoms with Crippen molar-refractivity contribution in [3.63, 3.8) is 0 Å². The zero-order valence-corrected chi connectivity index (χ0v) is 9.29. The van der Waals surface area contributed by atoms with Crippen LogP contribution in [0.1, 0.15) is 17.5 Å². The minimum absolute atomic E-state index is 0.945. The van der Waals surface area contributed by atoms with Crippen LogP contribution in [0.3, 0.4) is 0 Å². The third-order valence-corrected chi connectivity index (χ3v) is 2.89. The van der Waals surface area contributed by atoms with Gasteiger partial charge in [-0.2, -0.15) is 0 Å². The van der Waals surface area contributed by atoms with Crippen molar-refractivity contribution in [2.75, 3.05) is 25.0 Å². The van der Waals surface area contributed by atoms with Crippen LogP contribution in [0.15, 0.2) is 0 Å². The highest BCUT2D eigenvalue weighted by Crippen LogP contribution is 2.20. The average Bonchev–Trinajstić information content (AvgIpc) is 2.41. The average molecular weight is 199 g/mol. The van der Waals surface area contributed by atoms with Gasteiger partial charge in [0.25, 0.3) is 0 Å². The SMILES string of the molecule is CCNCCNc1nc(C)c(C)s1. The van der Waals surface area contributed by atoms with E-state index in [4.69, 9.17) is 0 Å². The second-order valence-electron chi connectivity index (χ2n) is 2.94. The molecule has 0 atom stereocenters. The molecular formula is C9H17N3S. The summed E-state index contributed by atoms with van der Waals surface area (Å²) in [7, 11) is 0. The van der Waals surface area contributed by atoms with E-state index in [9.17, 15) is 0 Å². The number of rotatable bonds is 5. The molecule has 0 aliphatic heterocycles. The van der Waals surface area contributed by atoms with Crippen LogP contribution >= 0.6 is 11.3 Å². The lowest BCUT2D eigenvalue weighted by Crippen LogP contribution is -2.21. The van der Waals surface area contributed by atoms with E-state index in [0.29, 0.717) is 0 Å². The van der Waals surface area contributed by atoms with Crippen LogP contribution in [-0.4, -0.2) is 24.6 Å². The molecule has 0 unspecified atom stereocenters. The van der Waals surface area contributed by atoms with Gasteiger partial charge < -0.3 is 10.6 Å². The molecule has 0 spiro atoms. The minimum Gasteiger partial charge on any atom is -0.360 e. The third kappa shape index (κ3) is 3.32. The summed E-state index contributed by atoms with van der Waals surface area (Å²) in [5.41, 5.74) is 1.14. The van der Waals surface area contributed by atoms with E-state index in [2.05, 4.69) is 29.5 Å². The van der Waals surface area contributed by atoms with Crippen LogP contribution in [0, 0.1) is 13.8 Å². The Labute approximate surface area is 83.6 Å². The van der Waals surface area contributed by atoms with Gasteiger partial charge in [-0.3, -0.25) is 0 Å². The Morgan fingerprint density at radius 2 is 2.08 bits per heavy atom. The van der Waals surface area contributed by atoms with E-state index in [1.54, 1.807) is 11.3 Å². The van der Waals surface area contributed by atoms with Crippen LogP contribution in [0.2, 0.25) is 0 Å². The van der Waals surface area contributed by atoms with Crippen molar-refractivity contribution in [2.24, 2.45) is 0 Å². The number of aromatic nitrogens is 1. The lowest BCUT2D eigenvalue weighted by Gasteiger charge is -2.01. The maximum Gasteiger partial charge on any atom is 0.183 e. The van der Waals surface area contributed by atoms with Crippen LogP contribution in [0.4, 0.5) is 5.13 Å². The maximum absolute atomic E-state index is 4.39. The highest BCUT2D eigenvalue weighted by molar-refractivity contribution is 7.15. The van der Waals surface area contributed by atoms with Crippen molar-refractivity contribution >= 4 is 16.5 Å². The van der Waals surface area contributed by atoms with Gasteiger partial charge in [0.1, 0.15) is 0 Å². The number of anilines is 1. The molecular weight excluding hydrogens is 182 g/mol. The first-order valence-electron chi connectivity index (χ1n) is 4.62. The predicted molar refractivity (Wildman–Crippen MR) is 58.6 cm³/mol. The summed E-state index contributed by atoms with van der Waals surface area (Å²) in [4.78, 5) is 5.68. The number of hydrogen-bond acceptors (Lipinski definition) is 4. The van der Waals surface area contributed by atoms with Crippen LogP contribution in [0.5, 0.6) is 0 Å². The normalized spacial score (nSPS) is 10.4. The molecule has 0 aliphatic rings. The fraction of sp³-hybridized carbons (Fsp3) is 0.667. The van der Waals surface area contributed by atoms with Crippen LogP contribution < -0.4 is 10.6 Å². The van der Waals surface area contributed by atoms with Gasteiger partial charge in [-0.15, -0.1) is 11.3 Å². The Bertz CT molecular complexity index is 238. The van der Waals surface area contributed by atoms with Gasteiger partial charge >= 0.3 is 0 Å². The largest absolute Gasteiger partial charge is 0.360 e. The minimum atomic E-state index is 0.945. The summed E-state index contributed by atoms with van der Waals surface area (Å²) >= 11 is 1.72. The lowest BCUT2D eigenvalue weighted by atomic mass is 10.4. The molecule has 0 saturated carbocycles. The van der Waals surface area contributed by atoms with E-state index < -0.39 is 0 Å². The first-order chi connectivity index (χ1) is 6.24. The first kappa shape index (κ1) is 10.5. The lowest BCUT2D eigenvalue weighted by molar-refractivity contribution is 0.738. The molecule has 1 aromatic heterocycles. The Balaban J connectivity index is 2.29. The second-order valence-corrected chi connectivity index (χ2v) is 4.14. The summed E-state index contributed by atoms with van der Waals surface area (Å²) in [6, 6.07) is 0. The smallest absolute Gasteiger partial charge is 0.183 e. The summed E-state index contributed by atoms with van der Waals surface area (Å²) in [5, 5.41) is 7.58. The Kier molecular flexibility index (Phi) is 4.18. The summed E-state index contributed by atoms with van der Waals surface area (Å²) in [6.07, 6.45) is 0. The molecule has 0 amide bonds. The fourth-order valence-electron chi connectivity index (χ4n) is 0.983. The number of aryl methyl sites for hydroxylation is 2. The summed E-state index contributed by atoms with van der Waals surface area (Å²) in [5.74, 6) is 0. The molecule has 3 nitrogen and oxygen atoms in total. The fourth-order valence-corrected chi connectivity index (χ4v) is 1.82. The highest BCUT2D eigenvalue weighted by atomic mass is 32.1. The van der Waals surface area contributed by atoms with Crippen LogP contribution in [0.25, 0.3) is 0 Å². The second kappa shape index (κ2) is 5.19. The van der Waals surface area contributed by atoms with Gasteiger partial charge in [-0.05, 0) is 20.4 Å². The maximum atomic E-state index is 4.39. The molecule has 1 rings (SSSR count). The number of thiazole rings is 1. The van der Waals surface area contributed by atoms with Crippen molar-refractivity contribution in [1.82, 2.24) is 10.3 Å². The molecule has 0 fully saturated rings. The van der Waals surface area contributed by atoms with Crippen molar-refractivity contribution < 1.29 is 0 Å². The Hall–Kier alpha value is -0.610. The van der Waals surface area contributed by atoms with Gasteiger partial charge in [-0.25, -0.2) is 4.98 Å².